The first kappa shape index (κ1) is 11.3. The molecule has 0 aliphatic carbocycles. The van der Waals surface area contributed by atoms with Crippen LogP contribution in [0.2, 0.25) is 0 Å². The molecule has 3 nitrogen and oxygen atoms in total. The predicted octanol–water partition coefficient (Wildman–Crippen LogP) is 3.02. The summed E-state index contributed by atoms with van der Waals surface area (Å²) >= 11 is 0. The van der Waals surface area contributed by atoms with Gasteiger partial charge in [0.05, 0.1) is 11.1 Å². The Morgan fingerprint density at radius 1 is 1.39 bits per heavy atom. The smallest absolute Gasteiger partial charge is 0.198 e. The summed E-state index contributed by atoms with van der Waals surface area (Å²) in [5, 5.41) is 0.758. The Kier molecular flexibility index (Phi) is 2.82. The fourth-order valence-electron chi connectivity index (χ4n) is 2.64. The number of para-hydroxylation sites is 1. The molecule has 0 bridgehead atoms. The molecule has 1 aromatic heterocycles. The van der Waals surface area contributed by atoms with Crippen molar-refractivity contribution in [2.45, 2.75) is 38.7 Å². The lowest BCUT2D eigenvalue weighted by Gasteiger charge is -2.25. The second-order valence-electron chi connectivity index (χ2n) is 4.87. The van der Waals surface area contributed by atoms with Crippen molar-refractivity contribution in [3.05, 3.63) is 40.1 Å². The second-order valence-corrected chi connectivity index (χ2v) is 4.87. The zero-order valence-corrected chi connectivity index (χ0v) is 10.5. The quantitative estimate of drug-likeness (QED) is 0.881. The maximum Gasteiger partial charge on any atom is 0.198 e. The molecule has 0 spiro atoms. The molecule has 3 rings (SSSR count). The van der Waals surface area contributed by atoms with Gasteiger partial charge in [0.15, 0.2) is 11.3 Å². The van der Waals surface area contributed by atoms with Gasteiger partial charge in [-0.1, -0.05) is 25.5 Å². The maximum atomic E-state index is 12.3. The van der Waals surface area contributed by atoms with E-state index in [1.54, 1.807) is 0 Å². The number of pyridine rings is 1. The summed E-state index contributed by atoms with van der Waals surface area (Å²) in [6.45, 7) is 2.15. The zero-order chi connectivity index (χ0) is 12.5. The van der Waals surface area contributed by atoms with Crippen LogP contribution in [0.3, 0.4) is 0 Å². The van der Waals surface area contributed by atoms with E-state index in [9.17, 15) is 4.79 Å². The molecule has 94 valence electrons. The highest BCUT2D eigenvalue weighted by Crippen LogP contribution is 2.26. The lowest BCUT2D eigenvalue weighted by atomic mass is 10.00. The van der Waals surface area contributed by atoms with Gasteiger partial charge in [0, 0.05) is 5.39 Å². The molecule has 0 saturated heterocycles. The number of aromatic nitrogens is 1. The van der Waals surface area contributed by atoms with E-state index in [-0.39, 0.29) is 11.5 Å². The molecular weight excluding hydrogens is 226 g/mol. The van der Waals surface area contributed by atoms with E-state index in [1.165, 1.54) is 0 Å². The van der Waals surface area contributed by atoms with Crippen LogP contribution in [0.5, 0.6) is 5.88 Å². The van der Waals surface area contributed by atoms with Crippen LogP contribution in [0, 0.1) is 0 Å². The van der Waals surface area contributed by atoms with Gasteiger partial charge in [-0.15, -0.1) is 0 Å². The highest BCUT2D eigenvalue weighted by Gasteiger charge is 2.22. The van der Waals surface area contributed by atoms with Crippen molar-refractivity contribution in [3.63, 3.8) is 0 Å². The third-order valence-corrected chi connectivity index (χ3v) is 3.58. The molecule has 0 amide bonds. The Balaban J connectivity index is 2.10. The molecule has 1 N–H and O–H groups in total. The molecule has 1 aliphatic heterocycles. The fourth-order valence-corrected chi connectivity index (χ4v) is 2.64. The largest absolute Gasteiger partial charge is 0.475 e. The van der Waals surface area contributed by atoms with E-state index < -0.39 is 0 Å². The first-order valence-electron chi connectivity index (χ1n) is 6.60. The Bertz CT molecular complexity index is 630. The van der Waals surface area contributed by atoms with Crippen LogP contribution in [0.4, 0.5) is 0 Å². The van der Waals surface area contributed by atoms with Crippen LogP contribution in [-0.2, 0) is 6.42 Å². The first-order chi connectivity index (χ1) is 8.79. The molecule has 0 fully saturated rings. The summed E-state index contributed by atoms with van der Waals surface area (Å²) in [6, 6.07) is 7.61. The summed E-state index contributed by atoms with van der Waals surface area (Å²) < 4.78 is 5.91. The predicted molar refractivity (Wildman–Crippen MR) is 72.2 cm³/mol. The first-order valence-corrected chi connectivity index (χ1v) is 6.60. The van der Waals surface area contributed by atoms with Gasteiger partial charge in [-0.05, 0) is 31.4 Å². The number of hydrogen-bond donors (Lipinski definition) is 1. The molecule has 2 heterocycles. The van der Waals surface area contributed by atoms with E-state index in [4.69, 9.17) is 4.74 Å². The molecule has 18 heavy (non-hydrogen) atoms. The lowest BCUT2D eigenvalue weighted by molar-refractivity contribution is 0.155. The SMILES string of the molecule is CCC[C@H]1CCc2c([nH]c3ccccc3c2=O)O1. The van der Waals surface area contributed by atoms with Crippen LogP contribution in [0.15, 0.2) is 29.1 Å². The van der Waals surface area contributed by atoms with Gasteiger partial charge in [-0.2, -0.15) is 0 Å². The number of ether oxygens (including phenoxy) is 1. The van der Waals surface area contributed by atoms with Crippen LogP contribution in [-0.4, -0.2) is 11.1 Å². The van der Waals surface area contributed by atoms with Crippen molar-refractivity contribution < 1.29 is 4.74 Å². The molecule has 2 aromatic rings. The van der Waals surface area contributed by atoms with Crippen molar-refractivity contribution in [1.82, 2.24) is 4.98 Å². The Hall–Kier alpha value is -1.77. The number of aromatic amines is 1. The van der Waals surface area contributed by atoms with Gasteiger partial charge < -0.3 is 9.72 Å². The maximum absolute atomic E-state index is 12.3. The van der Waals surface area contributed by atoms with Crippen molar-refractivity contribution in [2.24, 2.45) is 0 Å². The van der Waals surface area contributed by atoms with Gasteiger partial charge >= 0.3 is 0 Å². The highest BCUT2D eigenvalue weighted by atomic mass is 16.5. The minimum Gasteiger partial charge on any atom is -0.475 e. The van der Waals surface area contributed by atoms with Crippen LogP contribution < -0.4 is 10.2 Å². The van der Waals surface area contributed by atoms with Crippen LogP contribution in [0.25, 0.3) is 10.9 Å². The average molecular weight is 243 g/mol. The van der Waals surface area contributed by atoms with E-state index in [2.05, 4.69) is 11.9 Å². The average Bonchev–Trinajstić information content (AvgIpc) is 2.39. The summed E-state index contributed by atoms with van der Waals surface area (Å²) in [7, 11) is 0. The minimum absolute atomic E-state index is 0.120. The normalized spacial score (nSPS) is 18.4. The topological polar surface area (TPSA) is 42.1 Å². The van der Waals surface area contributed by atoms with Gasteiger partial charge in [-0.3, -0.25) is 4.79 Å². The third-order valence-electron chi connectivity index (χ3n) is 3.58. The van der Waals surface area contributed by atoms with E-state index >= 15 is 0 Å². The highest BCUT2D eigenvalue weighted by molar-refractivity contribution is 5.79. The van der Waals surface area contributed by atoms with E-state index in [1.807, 2.05) is 24.3 Å². The Morgan fingerprint density at radius 3 is 3.06 bits per heavy atom. The molecule has 1 atom stereocenters. The van der Waals surface area contributed by atoms with Crippen LogP contribution >= 0.6 is 0 Å². The zero-order valence-electron chi connectivity index (χ0n) is 10.5. The monoisotopic (exact) mass is 243 g/mol. The number of hydrogen-bond acceptors (Lipinski definition) is 2. The molecule has 0 unspecified atom stereocenters. The Labute approximate surface area is 106 Å². The van der Waals surface area contributed by atoms with Gasteiger partial charge in [0.2, 0.25) is 0 Å². The molecule has 0 saturated carbocycles. The standard InChI is InChI=1S/C15H17NO2/c1-2-5-10-8-9-12-14(17)11-6-3-4-7-13(11)16-15(12)18-10/h3-4,6-7,10H,2,5,8-9H2,1H3,(H,16,17)/t10-/m0/s1. The molecule has 0 radical (unpaired) electrons. The van der Waals surface area contributed by atoms with Gasteiger partial charge in [0.25, 0.3) is 0 Å². The molecule has 3 heteroatoms. The van der Waals surface area contributed by atoms with E-state index in [0.717, 1.165) is 42.1 Å². The number of H-pyrrole nitrogens is 1. The Morgan fingerprint density at radius 2 is 2.22 bits per heavy atom. The molecular formula is C15H17NO2. The summed E-state index contributed by atoms with van der Waals surface area (Å²) in [5.74, 6) is 0.684. The summed E-state index contributed by atoms with van der Waals surface area (Å²) in [6.07, 6.45) is 4.17. The summed E-state index contributed by atoms with van der Waals surface area (Å²) in [5.41, 5.74) is 1.79. The molecule has 1 aromatic carbocycles. The van der Waals surface area contributed by atoms with Crippen molar-refractivity contribution in [2.75, 3.05) is 0 Å². The van der Waals surface area contributed by atoms with Gasteiger partial charge in [0.1, 0.15) is 6.10 Å². The minimum atomic E-state index is 0.120. The third kappa shape index (κ3) is 1.80. The molecule has 1 aliphatic rings. The van der Waals surface area contributed by atoms with Crippen molar-refractivity contribution >= 4 is 10.9 Å². The number of benzene rings is 1. The van der Waals surface area contributed by atoms with Crippen molar-refractivity contribution in [1.29, 1.82) is 0 Å². The fraction of sp³-hybridized carbons (Fsp3) is 0.400. The van der Waals surface area contributed by atoms with Crippen LogP contribution in [0.1, 0.15) is 31.7 Å². The number of rotatable bonds is 2. The number of nitrogens with one attached hydrogen (secondary N) is 1. The second kappa shape index (κ2) is 4.48. The van der Waals surface area contributed by atoms with Gasteiger partial charge in [-0.25, -0.2) is 0 Å². The number of fused-ring (bicyclic) bond motifs is 2. The summed E-state index contributed by atoms with van der Waals surface area (Å²) in [4.78, 5) is 15.6. The van der Waals surface area contributed by atoms with E-state index in [0.29, 0.717) is 5.88 Å². The lowest BCUT2D eigenvalue weighted by Crippen LogP contribution is -2.27. The van der Waals surface area contributed by atoms with Crippen molar-refractivity contribution in [3.8, 4) is 5.88 Å².